The van der Waals surface area contributed by atoms with Crippen LogP contribution in [-0.2, 0) is 4.74 Å². The highest BCUT2D eigenvalue weighted by Crippen LogP contribution is 2.24. The monoisotopic (exact) mass is 425 g/mol. The van der Waals surface area contributed by atoms with E-state index in [-0.39, 0.29) is 24.9 Å². The largest absolute Gasteiger partial charge is 0.522 e. The van der Waals surface area contributed by atoms with Crippen LogP contribution in [-0.4, -0.2) is 52.5 Å². The van der Waals surface area contributed by atoms with Gasteiger partial charge in [-0.1, -0.05) is 30.3 Å². The molecule has 2 aromatic heterocycles. The quantitative estimate of drug-likeness (QED) is 0.412. The van der Waals surface area contributed by atoms with Gasteiger partial charge in [0.15, 0.2) is 0 Å². The molecule has 0 bridgehead atoms. The number of pyridine rings is 1. The molecule has 1 aromatic carbocycles. The number of H-pyrrole nitrogens is 1. The fourth-order valence-electron chi connectivity index (χ4n) is 2.59. The van der Waals surface area contributed by atoms with Crippen LogP contribution in [0.2, 0.25) is 0 Å². The Kier molecular flexibility index (Phi) is 6.69. The Morgan fingerprint density at radius 1 is 1.23 bits per heavy atom. The van der Waals surface area contributed by atoms with Gasteiger partial charge in [0.1, 0.15) is 12.4 Å². The summed E-state index contributed by atoms with van der Waals surface area (Å²) in [5.41, 5.74) is 1.19. The van der Waals surface area contributed by atoms with Crippen molar-refractivity contribution in [1.82, 2.24) is 20.5 Å². The summed E-state index contributed by atoms with van der Waals surface area (Å²) in [5.74, 6) is 0.254. The van der Waals surface area contributed by atoms with Gasteiger partial charge in [-0.3, -0.25) is 15.2 Å². The molecule has 0 radical (unpaired) electrons. The maximum absolute atomic E-state index is 12.2. The summed E-state index contributed by atoms with van der Waals surface area (Å²) in [4.78, 5) is 16.3. The number of rotatable bonds is 8. The normalized spacial score (nSPS) is 12.5. The van der Waals surface area contributed by atoms with Gasteiger partial charge in [-0.25, -0.2) is 9.78 Å². The van der Waals surface area contributed by atoms with Crippen LogP contribution < -0.4 is 15.4 Å². The number of hydrogen-bond acceptors (Lipinski definition) is 6. The number of alkyl halides is 3. The van der Waals surface area contributed by atoms with E-state index in [1.165, 1.54) is 12.3 Å². The Balaban J connectivity index is 1.58. The Labute approximate surface area is 168 Å². The predicted octanol–water partition coefficient (Wildman–Crippen LogP) is 2.73. The number of aliphatic hydroxyl groups is 1. The topological polar surface area (TPSA) is 121 Å². The first-order valence-electron chi connectivity index (χ1n) is 8.76. The highest BCUT2D eigenvalue weighted by atomic mass is 19.4. The number of halogens is 3. The molecule has 2 amide bonds. The highest BCUT2D eigenvalue weighted by Gasteiger charge is 2.28. The summed E-state index contributed by atoms with van der Waals surface area (Å²) < 4.78 is 44.7. The minimum atomic E-state index is -4.73. The zero-order chi connectivity index (χ0) is 21.6. The third kappa shape index (κ3) is 5.81. The van der Waals surface area contributed by atoms with Crippen molar-refractivity contribution in [2.45, 2.75) is 12.4 Å². The molecule has 0 aliphatic heterocycles. The molecular formula is C18H18F3N5O4. The molecule has 1 atom stereocenters. The van der Waals surface area contributed by atoms with Crippen molar-refractivity contribution >= 4 is 22.8 Å². The average molecular weight is 425 g/mol. The lowest BCUT2D eigenvalue weighted by Crippen LogP contribution is -2.34. The first kappa shape index (κ1) is 21.3. The first-order valence-corrected chi connectivity index (χ1v) is 8.76. The van der Waals surface area contributed by atoms with Crippen LogP contribution >= 0.6 is 0 Å². The fraction of sp³-hybridized carbons (Fsp3) is 0.278. The number of aromatic nitrogens is 3. The SMILES string of the molecule is O=C(Nc1cc2[nH]nc(OCCOC(F)(F)F)c2cn1)NC(CO)c1ccccc1. The number of anilines is 1. The van der Waals surface area contributed by atoms with Crippen molar-refractivity contribution in [2.24, 2.45) is 0 Å². The second-order valence-corrected chi connectivity index (χ2v) is 6.03. The van der Waals surface area contributed by atoms with Crippen molar-refractivity contribution < 1.29 is 32.5 Å². The average Bonchev–Trinajstić information content (AvgIpc) is 3.11. The number of carbonyl (C=O) groups is 1. The molecule has 0 fully saturated rings. The summed E-state index contributed by atoms with van der Waals surface area (Å²) >= 11 is 0. The van der Waals surface area contributed by atoms with Gasteiger partial charge in [0.25, 0.3) is 0 Å². The van der Waals surface area contributed by atoms with Gasteiger partial charge in [-0.05, 0) is 5.56 Å². The molecule has 30 heavy (non-hydrogen) atoms. The maximum Gasteiger partial charge on any atom is 0.522 e. The third-order valence-electron chi connectivity index (χ3n) is 3.93. The van der Waals surface area contributed by atoms with E-state index in [9.17, 15) is 23.1 Å². The summed E-state index contributed by atoms with van der Waals surface area (Å²) in [5, 5.41) is 21.6. The number of urea groups is 1. The van der Waals surface area contributed by atoms with E-state index in [1.54, 1.807) is 24.3 Å². The van der Waals surface area contributed by atoms with E-state index in [0.29, 0.717) is 10.9 Å². The summed E-state index contributed by atoms with van der Waals surface area (Å²) in [6, 6.07) is 9.26. The number of nitrogens with zero attached hydrogens (tertiary/aromatic N) is 2. The Morgan fingerprint density at radius 3 is 2.70 bits per heavy atom. The lowest BCUT2D eigenvalue weighted by Gasteiger charge is -2.17. The van der Waals surface area contributed by atoms with Gasteiger partial charge in [-0.2, -0.15) is 0 Å². The zero-order valence-corrected chi connectivity index (χ0v) is 15.4. The molecule has 9 nitrogen and oxygen atoms in total. The molecule has 4 N–H and O–H groups in total. The van der Waals surface area contributed by atoms with Crippen molar-refractivity contribution in [3.05, 3.63) is 48.2 Å². The third-order valence-corrected chi connectivity index (χ3v) is 3.93. The van der Waals surface area contributed by atoms with Crippen molar-refractivity contribution in [2.75, 3.05) is 25.1 Å². The second kappa shape index (κ2) is 9.41. The van der Waals surface area contributed by atoms with Gasteiger partial charge in [0, 0.05) is 12.3 Å². The van der Waals surface area contributed by atoms with Gasteiger partial charge in [0.05, 0.1) is 30.2 Å². The maximum atomic E-state index is 12.2. The Morgan fingerprint density at radius 2 is 2.00 bits per heavy atom. The van der Waals surface area contributed by atoms with Crippen LogP contribution in [0.4, 0.5) is 23.8 Å². The minimum absolute atomic E-state index is 0.0590. The van der Waals surface area contributed by atoms with Crippen LogP contribution in [0.15, 0.2) is 42.6 Å². The van der Waals surface area contributed by atoms with Crippen molar-refractivity contribution in [3.63, 3.8) is 0 Å². The molecule has 2 heterocycles. The Hall–Kier alpha value is -3.38. The minimum Gasteiger partial charge on any atom is -0.474 e. The number of fused-ring (bicyclic) bond motifs is 1. The lowest BCUT2D eigenvalue weighted by molar-refractivity contribution is -0.325. The molecular weight excluding hydrogens is 407 g/mol. The number of ether oxygens (including phenoxy) is 2. The number of aromatic amines is 1. The highest BCUT2D eigenvalue weighted by molar-refractivity contribution is 5.92. The van der Waals surface area contributed by atoms with E-state index in [2.05, 4.69) is 30.6 Å². The van der Waals surface area contributed by atoms with Gasteiger partial charge >= 0.3 is 12.4 Å². The van der Waals surface area contributed by atoms with E-state index in [1.807, 2.05) is 6.07 Å². The smallest absolute Gasteiger partial charge is 0.474 e. The number of amides is 2. The molecule has 160 valence electrons. The van der Waals surface area contributed by atoms with Crippen LogP contribution in [0.1, 0.15) is 11.6 Å². The summed E-state index contributed by atoms with van der Waals surface area (Å²) in [6.45, 7) is -1.33. The van der Waals surface area contributed by atoms with E-state index >= 15 is 0 Å². The van der Waals surface area contributed by atoms with Gasteiger partial charge in [0.2, 0.25) is 5.88 Å². The first-order chi connectivity index (χ1) is 14.4. The molecule has 0 spiro atoms. The number of benzene rings is 1. The van der Waals surface area contributed by atoms with E-state index in [4.69, 9.17) is 4.74 Å². The molecule has 3 aromatic rings. The molecule has 0 aliphatic rings. The molecule has 1 unspecified atom stereocenters. The van der Waals surface area contributed by atoms with Crippen molar-refractivity contribution in [1.29, 1.82) is 0 Å². The van der Waals surface area contributed by atoms with Crippen LogP contribution in [0.25, 0.3) is 10.9 Å². The standard InChI is InChI=1S/C18H18F3N5O4/c19-18(20,21)30-7-6-29-16-12-9-22-15(8-13(12)25-26-16)24-17(28)23-14(10-27)11-4-2-1-3-5-11/h1-5,8-9,14,27H,6-7,10H2,(H,25,26)(H2,22,23,24,28). The second-order valence-electron chi connectivity index (χ2n) is 6.03. The molecule has 0 saturated carbocycles. The number of aliphatic hydroxyl groups excluding tert-OH is 1. The molecule has 12 heteroatoms. The predicted molar refractivity (Wildman–Crippen MR) is 99.8 cm³/mol. The van der Waals surface area contributed by atoms with Crippen LogP contribution in [0.3, 0.4) is 0 Å². The van der Waals surface area contributed by atoms with Crippen molar-refractivity contribution in [3.8, 4) is 5.88 Å². The summed E-state index contributed by atoms with van der Waals surface area (Å²) in [6.07, 6.45) is -3.37. The molecule has 3 rings (SSSR count). The van der Waals surface area contributed by atoms with Gasteiger partial charge in [-0.15, -0.1) is 18.3 Å². The fourth-order valence-corrected chi connectivity index (χ4v) is 2.59. The van der Waals surface area contributed by atoms with E-state index < -0.39 is 25.0 Å². The van der Waals surface area contributed by atoms with Gasteiger partial charge < -0.3 is 15.2 Å². The lowest BCUT2D eigenvalue weighted by atomic mass is 10.1. The van der Waals surface area contributed by atoms with Crippen LogP contribution in [0.5, 0.6) is 5.88 Å². The molecule has 0 aliphatic carbocycles. The van der Waals surface area contributed by atoms with Crippen LogP contribution in [0, 0.1) is 0 Å². The van der Waals surface area contributed by atoms with E-state index in [0.717, 1.165) is 5.56 Å². The molecule has 0 saturated heterocycles. The zero-order valence-electron chi connectivity index (χ0n) is 15.4. The summed E-state index contributed by atoms with van der Waals surface area (Å²) in [7, 11) is 0. The number of carbonyl (C=O) groups excluding carboxylic acids is 1. The number of hydrogen-bond donors (Lipinski definition) is 4. The Bertz CT molecular complexity index is 981. The number of nitrogens with one attached hydrogen (secondary N) is 3.